The first-order chi connectivity index (χ1) is 12.6. The average Bonchev–Trinajstić information content (AvgIpc) is 3.30. The van der Waals surface area contributed by atoms with Gasteiger partial charge in [0.1, 0.15) is 0 Å². The number of carbonyl (C=O) groups is 1. The number of anilines is 1. The van der Waals surface area contributed by atoms with Crippen LogP contribution in [0.1, 0.15) is 30.1 Å². The molecule has 1 aliphatic heterocycles. The van der Waals surface area contributed by atoms with Gasteiger partial charge >= 0.3 is 0 Å². The Morgan fingerprint density at radius 1 is 1.31 bits per heavy atom. The van der Waals surface area contributed by atoms with Gasteiger partial charge in [-0.15, -0.1) is 0 Å². The highest BCUT2D eigenvalue weighted by Crippen LogP contribution is 2.33. The molecule has 0 aromatic carbocycles. The van der Waals surface area contributed by atoms with E-state index < -0.39 is 0 Å². The normalized spacial score (nSPS) is 17.0. The number of hydrogen-bond donors (Lipinski definition) is 0. The summed E-state index contributed by atoms with van der Waals surface area (Å²) in [6.07, 6.45) is 9.92. The van der Waals surface area contributed by atoms with Crippen LogP contribution in [0.3, 0.4) is 0 Å². The van der Waals surface area contributed by atoms with Gasteiger partial charge in [-0.05, 0) is 36.6 Å². The molecule has 4 heterocycles. The number of aromatic nitrogens is 3. The van der Waals surface area contributed by atoms with Gasteiger partial charge in [0.05, 0.1) is 23.7 Å². The standard InChI is InChI=1S/C20H23N5O/c1-23(2)20-18-8-4-10-24(18)14-16(22-20)17-7-5-11-25(17)19(26)12-15-6-3-9-21-13-15/h3-4,6,8-10,13-14,17H,5,7,11-12H2,1-2H3. The van der Waals surface area contributed by atoms with Gasteiger partial charge in [-0.3, -0.25) is 9.78 Å². The first-order valence-corrected chi connectivity index (χ1v) is 8.97. The Morgan fingerprint density at radius 2 is 2.19 bits per heavy atom. The molecule has 1 atom stereocenters. The maximum Gasteiger partial charge on any atom is 0.227 e. The molecule has 1 aliphatic rings. The molecule has 0 saturated carbocycles. The highest BCUT2D eigenvalue weighted by molar-refractivity contribution is 5.79. The zero-order chi connectivity index (χ0) is 18.1. The molecule has 6 nitrogen and oxygen atoms in total. The fourth-order valence-corrected chi connectivity index (χ4v) is 3.69. The van der Waals surface area contributed by atoms with Crippen LogP contribution in [0, 0.1) is 0 Å². The van der Waals surface area contributed by atoms with Crippen molar-refractivity contribution in [3.63, 3.8) is 0 Å². The van der Waals surface area contributed by atoms with Crippen molar-refractivity contribution in [3.8, 4) is 0 Å². The Bertz CT molecular complexity index is 918. The topological polar surface area (TPSA) is 53.7 Å². The number of amides is 1. The number of hydrogen-bond acceptors (Lipinski definition) is 4. The molecule has 4 rings (SSSR count). The van der Waals surface area contributed by atoms with Crippen LogP contribution < -0.4 is 4.90 Å². The molecule has 0 spiro atoms. The van der Waals surface area contributed by atoms with Gasteiger partial charge in [0, 0.05) is 45.4 Å². The highest BCUT2D eigenvalue weighted by atomic mass is 16.2. The summed E-state index contributed by atoms with van der Waals surface area (Å²) < 4.78 is 2.10. The smallest absolute Gasteiger partial charge is 0.227 e. The minimum Gasteiger partial charge on any atom is -0.361 e. The number of carbonyl (C=O) groups excluding carboxylic acids is 1. The van der Waals surface area contributed by atoms with E-state index in [0.717, 1.165) is 42.0 Å². The lowest BCUT2D eigenvalue weighted by Crippen LogP contribution is -2.32. The molecule has 1 saturated heterocycles. The second-order valence-electron chi connectivity index (χ2n) is 6.97. The summed E-state index contributed by atoms with van der Waals surface area (Å²) in [6.45, 7) is 0.784. The molecule has 1 fully saturated rings. The van der Waals surface area contributed by atoms with Crippen molar-refractivity contribution >= 4 is 17.2 Å². The van der Waals surface area contributed by atoms with Crippen LogP contribution >= 0.6 is 0 Å². The Morgan fingerprint density at radius 3 is 2.96 bits per heavy atom. The average molecular weight is 349 g/mol. The summed E-state index contributed by atoms with van der Waals surface area (Å²) in [5.41, 5.74) is 2.98. The monoisotopic (exact) mass is 349 g/mol. The van der Waals surface area contributed by atoms with Crippen LogP contribution in [0.15, 0.2) is 49.1 Å². The van der Waals surface area contributed by atoms with Crippen LogP contribution in [0.2, 0.25) is 0 Å². The largest absolute Gasteiger partial charge is 0.361 e. The van der Waals surface area contributed by atoms with Gasteiger partial charge in [0.15, 0.2) is 5.82 Å². The molecule has 1 amide bonds. The number of nitrogens with zero attached hydrogens (tertiary/aromatic N) is 5. The predicted octanol–water partition coefficient (Wildman–Crippen LogP) is 2.70. The van der Waals surface area contributed by atoms with Gasteiger partial charge in [0.2, 0.25) is 5.91 Å². The Labute approximate surface area is 153 Å². The lowest BCUT2D eigenvalue weighted by molar-refractivity contribution is -0.131. The second-order valence-corrected chi connectivity index (χ2v) is 6.97. The molecule has 3 aromatic rings. The summed E-state index contributed by atoms with van der Waals surface area (Å²) in [4.78, 5) is 25.9. The van der Waals surface area contributed by atoms with Crippen LogP contribution in [0.4, 0.5) is 5.82 Å². The molecular weight excluding hydrogens is 326 g/mol. The SMILES string of the molecule is CN(C)c1nc(C2CCCN2C(=O)Cc2cccnc2)cn2cccc12. The first-order valence-electron chi connectivity index (χ1n) is 8.97. The molecule has 0 radical (unpaired) electrons. The minimum absolute atomic E-state index is 0.0321. The van der Waals surface area contributed by atoms with Crippen LogP contribution in [0.25, 0.3) is 5.52 Å². The van der Waals surface area contributed by atoms with Crippen LogP contribution in [-0.2, 0) is 11.2 Å². The lowest BCUT2D eigenvalue weighted by atomic mass is 10.1. The molecule has 3 aromatic heterocycles. The van der Waals surface area contributed by atoms with Crippen LogP contribution in [-0.4, -0.2) is 45.8 Å². The van der Waals surface area contributed by atoms with Crippen molar-refractivity contribution in [3.05, 3.63) is 60.3 Å². The third-order valence-corrected chi connectivity index (χ3v) is 4.93. The number of rotatable bonds is 4. The third-order valence-electron chi connectivity index (χ3n) is 4.93. The van der Waals surface area contributed by atoms with E-state index >= 15 is 0 Å². The lowest BCUT2D eigenvalue weighted by Gasteiger charge is -2.26. The van der Waals surface area contributed by atoms with Crippen molar-refractivity contribution in [2.45, 2.75) is 25.3 Å². The van der Waals surface area contributed by atoms with Crippen molar-refractivity contribution in [1.29, 1.82) is 0 Å². The van der Waals surface area contributed by atoms with Crippen molar-refractivity contribution < 1.29 is 4.79 Å². The predicted molar refractivity (Wildman–Crippen MR) is 101 cm³/mol. The summed E-state index contributed by atoms with van der Waals surface area (Å²) in [5.74, 6) is 1.07. The van der Waals surface area contributed by atoms with E-state index in [1.807, 2.05) is 48.3 Å². The molecule has 0 aliphatic carbocycles. The summed E-state index contributed by atoms with van der Waals surface area (Å²) >= 11 is 0. The van der Waals surface area contributed by atoms with Gasteiger partial charge in [0.25, 0.3) is 0 Å². The summed E-state index contributed by atoms with van der Waals surface area (Å²) in [6, 6.07) is 7.93. The first kappa shape index (κ1) is 16.6. The van der Waals surface area contributed by atoms with Crippen LogP contribution in [0.5, 0.6) is 0 Å². The molecule has 6 heteroatoms. The minimum atomic E-state index is 0.0321. The second kappa shape index (κ2) is 6.78. The summed E-state index contributed by atoms with van der Waals surface area (Å²) in [5, 5.41) is 0. The summed E-state index contributed by atoms with van der Waals surface area (Å²) in [7, 11) is 4.00. The molecule has 1 unspecified atom stereocenters. The number of pyridine rings is 1. The molecular formula is C20H23N5O. The molecule has 0 bridgehead atoms. The van der Waals surface area contributed by atoms with Crippen molar-refractivity contribution in [2.75, 3.05) is 25.5 Å². The number of fused-ring (bicyclic) bond motifs is 1. The maximum atomic E-state index is 12.9. The zero-order valence-corrected chi connectivity index (χ0v) is 15.2. The number of likely N-dealkylation sites (tertiary alicyclic amines) is 1. The quantitative estimate of drug-likeness (QED) is 0.727. The van der Waals surface area contributed by atoms with Gasteiger partial charge in [-0.25, -0.2) is 4.98 Å². The van der Waals surface area contributed by atoms with E-state index in [1.165, 1.54) is 0 Å². The third kappa shape index (κ3) is 3.03. The highest BCUT2D eigenvalue weighted by Gasteiger charge is 2.31. The molecule has 0 N–H and O–H groups in total. The van der Waals surface area contributed by atoms with Gasteiger partial charge in [-0.1, -0.05) is 6.07 Å². The zero-order valence-electron chi connectivity index (χ0n) is 15.2. The maximum absolute atomic E-state index is 12.9. The van der Waals surface area contributed by atoms with E-state index in [0.29, 0.717) is 6.42 Å². The van der Waals surface area contributed by atoms with Gasteiger partial charge in [-0.2, -0.15) is 0 Å². The molecule has 134 valence electrons. The van der Waals surface area contributed by atoms with E-state index in [2.05, 4.69) is 21.6 Å². The molecule has 26 heavy (non-hydrogen) atoms. The van der Waals surface area contributed by atoms with E-state index in [4.69, 9.17) is 4.98 Å². The Hall–Kier alpha value is -2.89. The van der Waals surface area contributed by atoms with E-state index in [9.17, 15) is 4.79 Å². The van der Waals surface area contributed by atoms with Crippen molar-refractivity contribution in [2.24, 2.45) is 0 Å². The van der Waals surface area contributed by atoms with E-state index in [-0.39, 0.29) is 11.9 Å². The van der Waals surface area contributed by atoms with Gasteiger partial charge < -0.3 is 14.2 Å². The Kier molecular flexibility index (Phi) is 4.32. The fourth-order valence-electron chi connectivity index (χ4n) is 3.69. The van der Waals surface area contributed by atoms with Crippen molar-refractivity contribution in [1.82, 2.24) is 19.3 Å². The fraction of sp³-hybridized carbons (Fsp3) is 0.350. The van der Waals surface area contributed by atoms with E-state index in [1.54, 1.807) is 12.4 Å². The Balaban J connectivity index is 1.64.